The predicted molar refractivity (Wildman–Crippen MR) is 109 cm³/mol. The number of carbonyl (C=O) groups is 1. The number of fused-ring (bicyclic) bond motifs is 1. The molecule has 0 atom stereocenters. The largest absolute Gasteiger partial charge is 0.486 e. The summed E-state index contributed by atoms with van der Waals surface area (Å²) in [6.07, 6.45) is 2.40. The Balaban J connectivity index is 1.30. The molecule has 0 radical (unpaired) electrons. The van der Waals surface area contributed by atoms with Crippen LogP contribution in [0.4, 0.5) is 0 Å². The highest BCUT2D eigenvalue weighted by Crippen LogP contribution is 2.38. The Labute approximate surface area is 173 Å². The van der Waals surface area contributed by atoms with E-state index in [1.54, 1.807) is 12.3 Å². The zero-order valence-electron chi connectivity index (χ0n) is 16.0. The van der Waals surface area contributed by atoms with Crippen molar-refractivity contribution < 1.29 is 18.7 Å². The van der Waals surface area contributed by atoms with Crippen LogP contribution < -0.4 is 14.8 Å². The third-order valence-electron chi connectivity index (χ3n) is 4.60. The van der Waals surface area contributed by atoms with Crippen molar-refractivity contribution in [3.63, 3.8) is 0 Å². The van der Waals surface area contributed by atoms with Crippen LogP contribution in [0.2, 0.25) is 5.02 Å². The van der Waals surface area contributed by atoms with Crippen molar-refractivity contribution >= 4 is 17.5 Å². The second kappa shape index (κ2) is 8.57. The standard InChI is InChI=1S/C22H21ClN2O4/c1-14-2-4-16(5-3-14)19-13-25-21(29-19)7-6-20(26)24-12-15-10-17(23)22-18(11-15)27-8-9-28-22/h2-5,10-11,13H,6-9,12H2,1H3,(H,24,26). The first-order chi connectivity index (χ1) is 14.1. The molecule has 0 spiro atoms. The zero-order valence-corrected chi connectivity index (χ0v) is 16.8. The van der Waals surface area contributed by atoms with Gasteiger partial charge in [-0.25, -0.2) is 4.98 Å². The number of nitrogens with one attached hydrogen (secondary N) is 1. The zero-order chi connectivity index (χ0) is 20.2. The summed E-state index contributed by atoms with van der Waals surface area (Å²) >= 11 is 6.23. The van der Waals surface area contributed by atoms with Crippen molar-refractivity contribution in [1.82, 2.24) is 10.3 Å². The Morgan fingerprint density at radius 3 is 2.79 bits per heavy atom. The Morgan fingerprint density at radius 2 is 1.97 bits per heavy atom. The molecule has 0 aliphatic carbocycles. The minimum absolute atomic E-state index is 0.0916. The molecule has 2 heterocycles. The Kier molecular flexibility index (Phi) is 5.71. The van der Waals surface area contributed by atoms with Gasteiger partial charge in [0, 0.05) is 24.9 Å². The Hall–Kier alpha value is -2.99. The molecule has 0 bridgehead atoms. The molecule has 1 amide bonds. The second-order valence-corrected chi connectivity index (χ2v) is 7.27. The average molecular weight is 413 g/mol. The van der Waals surface area contributed by atoms with E-state index in [1.807, 2.05) is 37.3 Å². The lowest BCUT2D eigenvalue weighted by molar-refractivity contribution is -0.121. The van der Waals surface area contributed by atoms with E-state index in [9.17, 15) is 4.79 Å². The number of carbonyl (C=O) groups excluding carboxylic acids is 1. The van der Waals surface area contributed by atoms with Crippen LogP contribution >= 0.6 is 11.6 Å². The smallest absolute Gasteiger partial charge is 0.220 e. The first-order valence-corrected chi connectivity index (χ1v) is 9.83. The molecular formula is C22H21ClN2O4. The molecule has 0 unspecified atom stereocenters. The number of aryl methyl sites for hydroxylation is 2. The number of hydrogen-bond donors (Lipinski definition) is 1. The van der Waals surface area contributed by atoms with Crippen molar-refractivity contribution in [1.29, 1.82) is 0 Å². The van der Waals surface area contributed by atoms with Gasteiger partial charge in [0.25, 0.3) is 0 Å². The lowest BCUT2D eigenvalue weighted by Crippen LogP contribution is -2.23. The quantitative estimate of drug-likeness (QED) is 0.652. The third-order valence-corrected chi connectivity index (χ3v) is 4.88. The fraction of sp³-hybridized carbons (Fsp3) is 0.273. The maximum Gasteiger partial charge on any atom is 0.220 e. The molecule has 2 aromatic carbocycles. The molecule has 29 heavy (non-hydrogen) atoms. The number of nitrogens with zero attached hydrogens (tertiary/aromatic N) is 1. The molecule has 0 fully saturated rings. The lowest BCUT2D eigenvalue weighted by Gasteiger charge is -2.20. The van der Waals surface area contributed by atoms with Gasteiger partial charge in [0.05, 0.1) is 11.2 Å². The number of aromatic nitrogens is 1. The summed E-state index contributed by atoms with van der Waals surface area (Å²) in [5, 5.41) is 3.37. The highest BCUT2D eigenvalue weighted by molar-refractivity contribution is 6.32. The molecule has 3 aromatic rings. The van der Waals surface area contributed by atoms with Gasteiger partial charge in [-0.05, 0) is 24.6 Å². The fourth-order valence-corrected chi connectivity index (χ4v) is 3.34. The number of ether oxygens (including phenoxy) is 2. The number of rotatable bonds is 6. The predicted octanol–water partition coefficient (Wildman–Crippen LogP) is 4.32. The third kappa shape index (κ3) is 4.71. The minimum atomic E-state index is -0.0916. The maximum absolute atomic E-state index is 12.2. The van der Waals surface area contributed by atoms with Gasteiger partial charge >= 0.3 is 0 Å². The summed E-state index contributed by atoms with van der Waals surface area (Å²) in [4.78, 5) is 16.5. The average Bonchev–Trinajstić information content (AvgIpc) is 3.20. The highest BCUT2D eigenvalue weighted by Gasteiger charge is 2.17. The monoisotopic (exact) mass is 412 g/mol. The van der Waals surface area contributed by atoms with Crippen LogP contribution in [-0.2, 0) is 17.8 Å². The second-order valence-electron chi connectivity index (χ2n) is 6.86. The maximum atomic E-state index is 12.2. The van der Waals surface area contributed by atoms with Crippen LogP contribution in [0.25, 0.3) is 11.3 Å². The molecule has 1 aromatic heterocycles. The lowest BCUT2D eigenvalue weighted by atomic mass is 10.1. The number of oxazole rings is 1. The van der Waals surface area contributed by atoms with E-state index in [-0.39, 0.29) is 12.3 Å². The molecule has 0 saturated carbocycles. The highest BCUT2D eigenvalue weighted by atomic mass is 35.5. The Morgan fingerprint density at radius 1 is 1.17 bits per heavy atom. The normalized spacial score (nSPS) is 12.6. The van der Waals surface area contributed by atoms with E-state index >= 15 is 0 Å². The van der Waals surface area contributed by atoms with Gasteiger partial charge in [-0.2, -0.15) is 0 Å². The van der Waals surface area contributed by atoms with Crippen LogP contribution in [0.3, 0.4) is 0 Å². The molecule has 150 valence electrons. The summed E-state index contributed by atoms with van der Waals surface area (Å²) in [6, 6.07) is 11.6. The molecule has 1 N–H and O–H groups in total. The van der Waals surface area contributed by atoms with E-state index in [2.05, 4.69) is 10.3 Å². The molecule has 1 aliphatic rings. The molecule has 6 nitrogen and oxygen atoms in total. The SMILES string of the molecule is Cc1ccc(-c2cnc(CCC(=O)NCc3cc(Cl)c4c(c3)OCCO4)o2)cc1. The van der Waals surface area contributed by atoms with Crippen molar-refractivity contribution in [3.8, 4) is 22.8 Å². The molecule has 0 saturated heterocycles. The topological polar surface area (TPSA) is 73.6 Å². The van der Waals surface area contributed by atoms with Crippen LogP contribution in [0.1, 0.15) is 23.4 Å². The molecule has 1 aliphatic heterocycles. The van der Waals surface area contributed by atoms with Gasteiger partial charge in [0.2, 0.25) is 5.91 Å². The number of amides is 1. The van der Waals surface area contributed by atoms with Crippen LogP contribution in [-0.4, -0.2) is 24.1 Å². The summed E-state index contributed by atoms with van der Waals surface area (Å²) in [5.74, 6) is 2.31. The van der Waals surface area contributed by atoms with Gasteiger partial charge in [-0.1, -0.05) is 41.4 Å². The summed E-state index contributed by atoms with van der Waals surface area (Å²) in [6.45, 7) is 3.36. The van der Waals surface area contributed by atoms with E-state index in [0.717, 1.165) is 11.1 Å². The molecular weight excluding hydrogens is 392 g/mol. The van der Waals surface area contributed by atoms with Crippen LogP contribution in [0, 0.1) is 6.92 Å². The first-order valence-electron chi connectivity index (χ1n) is 9.45. The van der Waals surface area contributed by atoms with Crippen molar-refractivity contribution in [2.75, 3.05) is 13.2 Å². The minimum Gasteiger partial charge on any atom is -0.486 e. The Bertz CT molecular complexity index is 1010. The van der Waals surface area contributed by atoms with E-state index in [1.165, 1.54) is 5.56 Å². The first kappa shape index (κ1) is 19.3. The van der Waals surface area contributed by atoms with Crippen LogP contribution in [0.15, 0.2) is 47.0 Å². The van der Waals surface area contributed by atoms with Gasteiger partial charge in [0.1, 0.15) is 13.2 Å². The van der Waals surface area contributed by atoms with Gasteiger partial charge in [-0.3, -0.25) is 4.79 Å². The number of halogens is 1. The van der Waals surface area contributed by atoms with Crippen molar-refractivity contribution in [2.24, 2.45) is 0 Å². The number of hydrogen-bond acceptors (Lipinski definition) is 5. The summed E-state index contributed by atoms with van der Waals surface area (Å²) in [7, 11) is 0. The van der Waals surface area contributed by atoms with Crippen molar-refractivity contribution in [3.05, 3.63) is 64.6 Å². The fourth-order valence-electron chi connectivity index (χ4n) is 3.05. The van der Waals surface area contributed by atoms with Crippen molar-refractivity contribution in [2.45, 2.75) is 26.3 Å². The van der Waals surface area contributed by atoms with E-state index in [4.69, 9.17) is 25.5 Å². The molecule has 4 rings (SSSR count). The van der Waals surface area contributed by atoms with Gasteiger partial charge in [0.15, 0.2) is 23.1 Å². The van der Waals surface area contributed by atoms with Crippen LogP contribution in [0.5, 0.6) is 11.5 Å². The summed E-state index contributed by atoms with van der Waals surface area (Å²) < 4.78 is 16.8. The van der Waals surface area contributed by atoms with E-state index in [0.29, 0.717) is 54.4 Å². The molecule has 7 heteroatoms. The summed E-state index contributed by atoms with van der Waals surface area (Å²) in [5.41, 5.74) is 3.00. The number of benzene rings is 2. The van der Waals surface area contributed by atoms with E-state index < -0.39 is 0 Å². The van der Waals surface area contributed by atoms with Gasteiger partial charge < -0.3 is 19.2 Å². The van der Waals surface area contributed by atoms with Gasteiger partial charge in [-0.15, -0.1) is 0 Å².